The van der Waals surface area contributed by atoms with E-state index in [0.717, 1.165) is 46.7 Å². The number of hydrogen-bond acceptors (Lipinski definition) is 5. The monoisotopic (exact) mass is 472 g/mol. The molecule has 0 fully saturated rings. The summed E-state index contributed by atoms with van der Waals surface area (Å²) in [7, 11) is 1.02. The van der Waals surface area contributed by atoms with Crippen LogP contribution < -0.4 is 5.32 Å². The topological polar surface area (TPSA) is 85.0 Å². The zero-order valence-corrected chi connectivity index (χ0v) is 21.4. The second-order valence-electron chi connectivity index (χ2n) is 7.21. The van der Waals surface area contributed by atoms with Crippen LogP contribution in [0, 0.1) is 0 Å². The van der Waals surface area contributed by atoms with Crippen molar-refractivity contribution in [2.24, 2.45) is 7.05 Å². The molecule has 0 bridgehead atoms. The Bertz CT molecular complexity index is 1040. The number of aryl methyl sites for hydroxylation is 2. The molecule has 1 aromatic carbocycles. The number of rotatable bonds is 7. The van der Waals surface area contributed by atoms with Gasteiger partial charge in [0, 0.05) is 71.5 Å². The van der Waals surface area contributed by atoms with Crippen molar-refractivity contribution in [2.75, 3.05) is 23.9 Å². The average molecular weight is 473 g/mol. The van der Waals surface area contributed by atoms with Crippen molar-refractivity contribution in [1.29, 1.82) is 0 Å². The van der Waals surface area contributed by atoms with E-state index < -0.39 is 10.8 Å². The van der Waals surface area contributed by atoms with Crippen molar-refractivity contribution in [2.45, 2.75) is 47.2 Å². The largest absolute Gasteiger partial charge is 0.340 e. The van der Waals surface area contributed by atoms with Gasteiger partial charge in [0.15, 0.2) is 5.82 Å². The maximum atomic E-state index is 11.5. The third-order valence-corrected chi connectivity index (χ3v) is 5.85. The Balaban J connectivity index is 0.000000914. The SMILES string of the molecule is CC.CC.Cn1cc(-c2ccc(Nc3nn(CCS(C)=O)c4c3CN(C=O)CC4)cc2)cn1. The first-order valence-corrected chi connectivity index (χ1v) is 13.2. The molecule has 3 aromatic rings. The van der Waals surface area contributed by atoms with Gasteiger partial charge in [-0.15, -0.1) is 0 Å². The van der Waals surface area contributed by atoms with Gasteiger partial charge in [0.05, 0.1) is 19.3 Å². The summed E-state index contributed by atoms with van der Waals surface area (Å²) in [5, 5.41) is 12.3. The van der Waals surface area contributed by atoms with Crippen LogP contribution in [0.1, 0.15) is 39.0 Å². The van der Waals surface area contributed by atoms with Gasteiger partial charge in [-0.25, -0.2) is 0 Å². The molecule has 1 atom stereocenters. The molecule has 2 aromatic heterocycles. The first-order chi connectivity index (χ1) is 16.0. The quantitative estimate of drug-likeness (QED) is 0.526. The zero-order chi connectivity index (χ0) is 24.4. The van der Waals surface area contributed by atoms with Gasteiger partial charge >= 0.3 is 0 Å². The lowest BCUT2D eigenvalue weighted by molar-refractivity contribution is -0.118. The van der Waals surface area contributed by atoms with E-state index in [9.17, 15) is 9.00 Å². The Morgan fingerprint density at radius 3 is 2.39 bits per heavy atom. The molecule has 0 spiro atoms. The summed E-state index contributed by atoms with van der Waals surface area (Å²) in [6.07, 6.45) is 7.15. The van der Waals surface area contributed by atoms with Gasteiger partial charge in [-0.05, 0) is 17.7 Å². The Morgan fingerprint density at radius 1 is 1.12 bits per heavy atom. The molecule has 1 N–H and O–H groups in total. The first-order valence-electron chi connectivity index (χ1n) is 11.5. The van der Waals surface area contributed by atoms with Gasteiger partial charge in [0.25, 0.3) is 0 Å². The second kappa shape index (κ2) is 12.9. The van der Waals surface area contributed by atoms with E-state index in [4.69, 9.17) is 5.10 Å². The minimum atomic E-state index is -0.878. The molecule has 0 radical (unpaired) electrons. The fraction of sp³-hybridized carbons (Fsp3) is 0.458. The molecule has 1 unspecified atom stereocenters. The van der Waals surface area contributed by atoms with Crippen LogP contribution in [-0.4, -0.2) is 53.6 Å². The molecular weight excluding hydrogens is 436 g/mol. The molecule has 1 amide bonds. The summed E-state index contributed by atoms with van der Waals surface area (Å²) in [5.41, 5.74) is 5.22. The van der Waals surface area contributed by atoms with Crippen LogP contribution in [0.15, 0.2) is 36.7 Å². The van der Waals surface area contributed by atoms with Crippen molar-refractivity contribution < 1.29 is 9.00 Å². The molecule has 3 heterocycles. The lowest BCUT2D eigenvalue weighted by Crippen LogP contribution is -2.30. The van der Waals surface area contributed by atoms with Crippen molar-refractivity contribution in [3.05, 3.63) is 47.9 Å². The van der Waals surface area contributed by atoms with Gasteiger partial charge in [-0.1, -0.05) is 39.8 Å². The van der Waals surface area contributed by atoms with Crippen LogP contribution in [0.4, 0.5) is 11.5 Å². The molecule has 33 heavy (non-hydrogen) atoms. The maximum Gasteiger partial charge on any atom is 0.210 e. The Morgan fingerprint density at radius 2 is 1.82 bits per heavy atom. The lowest BCUT2D eigenvalue weighted by Gasteiger charge is -2.24. The molecule has 0 aliphatic carbocycles. The van der Waals surface area contributed by atoms with Crippen molar-refractivity contribution >= 4 is 28.7 Å². The molecule has 180 valence electrons. The van der Waals surface area contributed by atoms with Crippen LogP contribution >= 0.6 is 0 Å². The van der Waals surface area contributed by atoms with Crippen LogP contribution in [0.2, 0.25) is 0 Å². The summed E-state index contributed by atoms with van der Waals surface area (Å²) in [5.74, 6) is 1.31. The Hall–Kier alpha value is -2.94. The van der Waals surface area contributed by atoms with E-state index in [0.29, 0.717) is 25.4 Å². The molecule has 4 rings (SSSR count). The van der Waals surface area contributed by atoms with Crippen LogP contribution in [0.5, 0.6) is 0 Å². The highest BCUT2D eigenvalue weighted by molar-refractivity contribution is 7.84. The van der Waals surface area contributed by atoms with Crippen LogP contribution in [0.3, 0.4) is 0 Å². The fourth-order valence-electron chi connectivity index (χ4n) is 3.56. The van der Waals surface area contributed by atoms with E-state index in [1.165, 1.54) is 0 Å². The highest BCUT2D eigenvalue weighted by atomic mass is 32.2. The number of anilines is 2. The highest BCUT2D eigenvalue weighted by Gasteiger charge is 2.24. The molecular formula is C24H36N6O2S. The number of amides is 1. The van der Waals surface area contributed by atoms with Crippen molar-refractivity contribution in [3.8, 4) is 11.1 Å². The molecule has 0 saturated carbocycles. The summed E-state index contributed by atoms with van der Waals surface area (Å²) in [4.78, 5) is 13.0. The second-order valence-corrected chi connectivity index (χ2v) is 8.76. The Labute approximate surface area is 199 Å². The number of nitrogens with zero attached hydrogens (tertiary/aromatic N) is 5. The third-order valence-electron chi connectivity index (χ3n) is 5.09. The summed E-state index contributed by atoms with van der Waals surface area (Å²) >= 11 is 0. The summed E-state index contributed by atoms with van der Waals surface area (Å²) < 4.78 is 15.2. The van der Waals surface area contributed by atoms with Crippen LogP contribution in [-0.2, 0) is 42.2 Å². The lowest BCUT2D eigenvalue weighted by atomic mass is 10.1. The number of aromatic nitrogens is 4. The number of benzene rings is 1. The number of hydrogen-bond donors (Lipinski definition) is 1. The van der Waals surface area contributed by atoms with Crippen molar-refractivity contribution in [3.63, 3.8) is 0 Å². The smallest absolute Gasteiger partial charge is 0.210 e. The maximum absolute atomic E-state index is 11.5. The number of carbonyl (C=O) groups is 1. The van der Waals surface area contributed by atoms with Gasteiger partial charge in [-0.2, -0.15) is 10.2 Å². The average Bonchev–Trinajstić information content (AvgIpc) is 3.44. The van der Waals surface area contributed by atoms with E-state index in [2.05, 4.69) is 10.4 Å². The predicted molar refractivity (Wildman–Crippen MR) is 136 cm³/mol. The van der Waals surface area contributed by atoms with Gasteiger partial charge < -0.3 is 10.2 Å². The van der Waals surface area contributed by atoms with E-state index >= 15 is 0 Å². The van der Waals surface area contributed by atoms with Gasteiger partial charge in [0.1, 0.15) is 0 Å². The van der Waals surface area contributed by atoms with Crippen LogP contribution in [0.25, 0.3) is 11.1 Å². The Kier molecular flexibility index (Phi) is 10.3. The molecule has 0 saturated heterocycles. The number of carbonyl (C=O) groups excluding carboxylic acids is 1. The minimum absolute atomic E-state index is 0.532. The zero-order valence-electron chi connectivity index (χ0n) is 20.5. The predicted octanol–water partition coefficient (Wildman–Crippen LogP) is 3.97. The normalized spacial score (nSPS) is 13.1. The molecule has 9 heteroatoms. The number of fused-ring (bicyclic) bond motifs is 1. The van der Waals surface area contributed by atoms with E-state index in [1.807, 2.05) is 76.1 Å². The van der Waals surface area contributed by atoms with E-state index in [-0.39, 0.29) is 0 Å². The fourth-order valence-corrected chi connectivity index (χ4v) is 3.99. The first kappa shape index (κ1) is 26.3. The highest BCUT2D eigenvalue weighted by Crippen LogP contribution is 2.29. The van der Waals surface area contributed by atoms with Crippen molar-refractivity contribution in [1.82, 2.24) is 24.5 Å². The van der Waals surface area contributed by atoms with Gasteiger partial charge in [-0.3, -0.25) is 18.4 Å². The van der Waals surface area contributed by atoms with Gasteiger partial charge in [0.2, 0.25) is 6.41 Å². The summed E-state index contributed by atoms with van der Waals surface area (Å²) in [6.45, 7) is 9.81. The molecule has 8 nitrogen and oxygen atoms in total. The number of nitrogens with one attached hydrogen (secondary N) is 1. The van der Waals surface area contributed by atoms with E-state index in [1.54, 1.807) is 15.8 Å². The molecule has 1 aliphatic rings. The standard InChI is InChI=1S/C20H24N6O2S.2C2H6/c1-24-12-16(11-21-24)15-3-5-17(6-4-15)22-20-18-13-25(14-27)8-7-19(18)26(23-20)9-10-29(2)28;2*1-2/h3-6,11-12,14H,7-10,13H2,1-2H3,(H,22,23);2*1-2H3. The third kappa shape index (κ3) is 6.77. The molecule has 1 aliphatic heterocycles. The minimum Gasteiger partial charge on any atom is -0.340 e. The summed E-state index contributed by atoms with van der Waals surface area (Å²) in [6, 6.07) is 8.10.